The van der Waals surface area contributed by atoms with Crippen molar-refractivity contribution in [2.75, 3.05) is 7.11 Å². The van der Waals surface area contributed by atoms with E-state index >= 15 is 0 Å². The lowest BCUT2D eigenvalue weighted by Crippen LogP contribution is -2.69. The number of ether oxygens (including phenoxy) is 1. The van der Waals surface area contributed by atoms with E-state index in [2.05, 4.69) is 19.7 Å². The Morgan fingerprint density at radius 2 is 1.82 bits per heavy atom. The quantitative estimate of drug-likeness (QED) is 0.233. The lowest BCUT2D eigenvalue weighted by atomic mass is 9.40. The fraction of sp³-hybridized carbons (Fsp3) is 0.433. The van der Waals surface area contributed by atoms with Crippen LogP contribution in [0.1, 0.15) is 56.8 Å². The minimum absolute atomic E-state index is 0.0386. The molecule has 0 aromatic heterocycles. The van der Waals surface area contributed by atoms with Crippen molar-refractivity contribution < 1.29 is 19.1 Å². The largest absolute Gasteiger partial charge is 0.500 e. The van der Waals surface area contributed by atoms with Gasteiger partial charge in [-0.1, -0.05) is 68.5 Å². The summed E-state index contributed by atoms with van der Waals surface area (Å²) in [4.78, 5) is 42.9. The molecule has 2 aliphatic rings. The molecule has 34 heavy (non-hydrogen) atoms. The SMILES string of the molecule is C=CC[C@@H](C[C@@]12C[C@H](CC=C)C(C)(C)[C@@](C(=O)c3ccccc3)(C(=O)C=C1OC)C2=O)C(=C)C. The molecule has 1 saturated carbocycles. The fourth-order valence-electron chi connectivity index (χ4n) is 6.24. The van der Waals surface area contributed by atoms with Crippen LogP contribution >= 0.6 is 0 Å². The summed E-state index contributed by atoms with van der Waals surface area (Å²) in [5.74, 6) is -1.10. The minimum Gasteiger partial charge on any atom is -0.500 e. The van der Waals surface area contributed by atoms with Gasteiger partial charge in [-0.05, 0) is 49.9 Å². The van der Waals surface area contributed by atoms with Gasteiger partial charge in [-0.15, -0.1) is 13.2 Å². The first kappa shape index (κ1) is 25.6. The highest BCUT2D eigenvalue weighted by molar-refractivity contribution is 6.35. The fourth-order valence-corrected chi connectivity index (χ4v) is 6.24. The van der Waals surface area contributed by atoms with Crippen molar-refractivity contribution in [3.63, 3.8) is 0 Å². The van der Waals surface area contributed by atoms with Crippen LogP contribution in [0.4, 0.5) is 0 Å². The van der Waals surface area contributed by atoms with Gasteiger partial charge in [0.15, 0.2) is 22.8 Å². The number of carbonyl (C=O) groups excluding carboxylic acids is 3. The summed E-state index contributed by atoms with van der Waals surface area (Å²) in [6, 6.07) is 8.67. The average Bonchev–Trinajstić information content (AvgIpc) is 2.80. The van der Waals surface area contributed by atoms with Crippen molar-refractivity contribution in [3.05, 3.63) is 85.2 Å². The van der Waals surface area contributed by atoms with Crippen LogP contribution in [0.2, 0.25) is 0 Å². The number of benzene rings is 1. The van der Waals surface area contributed by atoms with Gasteiger partial charge >= 0.3 is 0 Å². The summed E-state index contributed by atoms with van der Waals surface area (Å²) >= 11 is 0. The van der Waals surface area contributed by atoms with Gasteiger partial charge in [-0.2, -0.15) is 0 Å². The lowest BCUT2D eigenvalue weighted by Gasteiger charge is -2.59. The third-order valence-electron chi connectivity index (χ3n) is 8.25. The predicted molar refractivity (Wildman–Crippen MR) is 135 cm³/mol. The lowest BCUT2D eigenvalue weighted by molar-refractivity contribution is -0.165. The standard InChI is InChI=1S/C30H36O4/c1-8-13-22(20(3)4)18-29-19-23(14-9-2)28(5,6)30(27(29)33,24(31)17-25(29)34-7)26(32)21-15-11-10-12-16-21/h8-12,15-17,22-23H,1-3,13-14,18-19H2,4-7H3/t22-,23-,29+,30+/m0/s1. The van der Waals surface area contributed by atoms with Crippen molar-refractivity contribution in [1.82, 2.24) is 0 Å². The smallest absolute Gasteiger partial charge is 0.184 e. The van der Waals surface area contributed by atoms with E-state index in [0.29, 0.717) is 37.0 Å². The summed E-state index contributed by atoms with van der Waals surface area (Å²) in [5.41, 5.74) is -2.57. The Morgan fingerprint density at radius 1 is 1.18 bits per heavy atom. The van der Waals surface area contributed by atoms with Gasteiger partial charge in [0.25, 0.3) is 0 Å². The number of Topliss-reactive ketones (excluding diaryl/α,β-unsaturated/α-hetero) is 2. The number of carbonyl (C=O) groups is 3. The summed E-state index contributed by atoms with van der Waals surface area (Å²) in [6.45, 7) is 17.7. The Kier molecular flexibility index (Phi) is 7.02. The van der Waals surface area contributed by atoms with Crippen molar-refractivity contribution in [2.24, 2.45) is 28.1 Å². The van der Waals surface area contributed by atoms with Crippen molar-refractivity contribution >= 4 is 17.3 Å². The van der Waals surface area contributed by atoms with E-state index in [1.165, 1.54) is 13.2 Å². The van der Waals surface area contributed by atoms with Gasteiger partial charge in [0, 0.05) is 11.6 Å². The number of fused-ring (bicyclic) bond motifs is 2. The first-order valence-corrected chi connectivity index (χ1v) is 11.9. The maximum Gasteiger partial charge on any atom is 0.184 e. The highest BCUT2D eigenvalue weighted by Crippen LogP contribution is 2.65. The zero-order valence-corrected chi connectivity index (χ0v) is 20.9. The predicted octanol–water partition coefficient (Wildman–Crippen LogP) is 6.30. The molecule has 4 heteroatoms. The van der Waals surface area contributed by atoms with Crippen LogP contribution in [0.25, 0.3) is 0 Å². The maximum atomic E-state index is 14.7. The van der Waals surface area contributed by atoms with Gasteiger partial charge in [-0.25, -0.2) is 0 Å². The van der Waals surface area contributed by atoms with Gasteiger partial charge in [0.05, 0.1) is 12.5 Å². The Hall–Kier alpha value is -3.01. The highest BCUT2D eigenvalue weighted by Gasteiger charge is 2.74. The molecule has 1 aromatic rings. The third kappa shape index (κ3) is 3.55. The number of ketones is 3. The topological polar surface area (TPSA) is 60.4 Å². The molecule has 3 rings (SSSR count). The molecule has 0 amide bonds. The molecule has 0 heterocycles. The normalized spacial score (nSPS) is 28.5. The van der Waals surface area contributed by atoms with E-state index in [1.807, 2.05) is 39.0 Å². The molecule has 0 radical (unpaired) electrons. The first-order chi connectivity index (χ1) is 16.0. The Balaban J connectivity index is 2.36. The second-order valence-corrected chi connectivity index (χ2v) is 10.4. The number of methoxy groups -OCH3 is 1. The van der Waals surface area contributed by atoms with Gasteiger partial charge in [0.1, 0.15) is 5.76 Å². The molecule has 2 bridgehead atoms. The third-order valence-corrected chi connectivity index (χ3v) is 8.25. The Bertz CT molecular complexity index is 1060. The molecule has 0 spiro atoms. The number of hydrogen-bond acceptors (Lipinski definition) is 4. The van der Waals surface area contributed by atoms with E-state index in [0.717, 1.165) is 5.57 Å². The average molecular weight is 461 g/mol. The van der Waals surface area contributed by atoms with Gasteiger partial charge in [0.2, 0.25) is 0 Å². The second-order valence-electron chi connectivity index (χ2n) is 10.4. The molecular formula is C30H36O4. The van der Waals surface area contributed by atoms with Crippen molar-refractivity contribution in [1.29, 1.82) is 0 Å². The van der Waals surface area contributed by atoms with Crippen molar-refractivity contribution in [3.8, 4) is 0 Å². The first-order valence-electron chi connectivity index (χ1n) is 11.9. The number of hydrogen-bond donors (Lipinski definition) is 0. The van der Waals surface area contributed by atoms with E-state index in [-0.39, 0.29) is 17.6 Å². The highest BCUT2D eigenvalue weighted by atomic mass is 16.5. The summed E-state index contributed by atoms with van der Waals surface area (Å²) < 4.78 is 5.73. The van der Waals surface area contributed by atoms with Gasteiger partial charge < -0.3 is 4.74 Å². The molecule has 4 atom stereocenters. The van der Waals surface area contributed by atoms with E-state index in [9.17, 15) is 14.4 Å². The van der Waals surface area contributed by atoms with Crippen LogP contribution in [-0.2, 0) is 14.3 Å². The summed E-state index contributed by atoms with van der Waals surface area (Å²) in [6.07, 6.45) is 7.15. The van der Waals surface area contributed by atoms with Crippen LogP contribution in [0.5, 0.6) is 0 Å². The molecule has 2 aliphatic carbocycles. The summed E-state index contributed by atoms with van der Waals surface area (Å²) in [7, 11) is 1.49. The van der Waals surface area contributed by atoms with Crippen LogP contribution in [0, 0.1) is 28.1 Å². The molecule has 0 aliphatic heterocycles. The molecule has 1 aromatic carbocycles. The molecular weight excluding hydrogens is 424 g/mol. The minimum atomic E-state index is -1.84. The summed E-state index contributed by atoms with van der Waals surface area (Å²) in [5, 5.41) is 0. The van der Waals surface area contributed by atoms with Crippen molar-refractivity contribution in [2.45, 2.75) is 46.5 Å². The number of allylic oxidation sites excluding steroid dienone is 5. The molecule has 180 valence electrons. The van der Waals surface area contributed by atoms with Crippen LogP contribution < -0.4 is 0 Å². The Labute approximate surface area is 203 Å². The van der Waals surface area contributed by atoms with E-state index in [4.69, 9.17) is 4.74 Å². The van der Waals surface area contributed by atoms with Crippen LogP contribution in [0.15, 0.2) is 79.6 Å². The zero-order valence-electron chi connectivity index (χ0n) is 20.9. The van der Waals surface area contributed by atoms with E-state index < -0.39 is 27.8 Å². The Morgan fingerprint density at radius 3 is 2.35 bits per heavy atom. The van der Waals surface area contributed by atoms with Gasteiger partial charge in [-0.3, -0.25) is 14.4 Å². The molecule has 0 saturated heterocycles. The number of rotatable bonds is 10. The molecule has 0 unspecified atom stereocenters. The molecule has 1 fully saturated rings. The molecule has 0 N–H and O–H groups in total. The maximum absolute atomic E-state index is 14.7. The monoisotopic (exact) mass is 460 g/mol. The zero-order chi connectivity index (χ0) is 25.3. The van der Waals surface area contributed by atoms with Crippen LogP contribution in [0.3, 0.4) is 0 Å². The molecule has 4 nitrogen and oxygen atoms in total. The van der Waals surface area contributed by atoms with Crippen LogP contribution in [-0.4, -0.2) is 24.5 Å². The van der Waals surface area contributed by atoms with E-state index in [1.54, 1.807) is 24.3 Å². The second kappa shape index (κ2) is 9.32.